The second kappa shape index (κ2) is 5.71. The lowest BCUT2D eigenvalue weighted by Gasteiger charge is -2.10. The molecule has 7 heteroatoms. The zero-order chi connectivity index (χ0) is 13.8. The molecule has 2 rings (SSSR count). The maximum absolute atomic E-state index is 13.3. The van der Waals surface area contributed by atoms with Crippen LogP contribution >= 0.6 is 11.6 Å². The normalized spacial score (nSPS) is 10.1. The minimum absolute atomic E-state index is 0.143. The van der Waals surface area contributed by atoms with Crippen molar-refractivity contribution in [3.8, 4) is 5.75 Å². The summed E-state index contributed by atoms with van der Waals surface area (Å²) in [5.41, 5.74) is 0.612. The molecule has 2 N–H and O–H groups in total. The Morgan fingerprint density at radius 1 is 1.37 bits per heavy atom. The number of rotatable bonds is 4. The van der Waals surface area contributed by atoms with E-state index < -0.39 is 5.82 Å². The molecular weight excluding hydrogens is 271 g/mol. The predicted octanol–water partition coefficient (Wildman–Crippen LogP) is 3.06. The number of ether oxygens (including phenoxy) is 1. The molecule has 2 aromatic rings. The van der Waals surface area contributed by atoms with Crippen LogP contribution in [0.5, 0.6) is 5.75 Å². The first kappa shape index (κ1) is 13.4. The van der Waals surface area contributed by atoms with Gasteiger partial charge in [-0.2, -0.15) is 4.98 Å². The molecule has 0 aliphatic carbocycles. The van der Waals surface area contributed by atoms with Gasteiger partial charge in [0.15, 0.2) is 17.4 Å². The fraction of sp³-hybridized carbons (Fsp3) is 0.167. The summed E-state index contributed by atoms with van der Waals surface area (Å²) in [4.78, 5) is 8.13. The molecule has 19 heavy (non-hydrogen) atoms. The van der Waals surface area contributed by atoms with E-state index in [-0.39, 0.29) is 5.75 Å². The predicted molar refractivity (Wildman–Crippen MR) is 72.8 cm³/mol. The SMILES string of the molecule is CNc1ncc(Cl)c(Nc2ccc(F)c(OC)c2)n1. The van der Waals surface area contributed by atoms with Gasteiger partial charge in [0.05, 0.1) is 13.3 Å². The molecule has 0 fully saturated rings. The summed E-state index contributed by atoms with van der Waals surface area (Å²) in [6.07, 6.45) is 1.48. The topological polar surface area (TPSA) is 59.1 Å². The van der Waals surface area contributed by atoms with Gasteiger partial charge in [0.2, 0.25) is 5.95 Å². The molecule has 0 bridgehead atoms. The highest BCUT2D eigenvalue weighted by molar-refractivity contribution is 6.32. The average molecular weight is 283 g/mol. The lowest BCUT2D eigenvalue weighted by atomic mass is 10.3. The largest absolute Gasteiger partial charge is 0.494 e. The second-order valence-electron chi connectivity index (χ2n) is 3.61. The molecule has 0 aliphatic rings. The number of nitrogens with one attached hydrogen (secondary N) is 2. The van der Waals surface area contributed by atoms with E-state index in [4.69, 9.17) is 16.3 Å². The minimum atomic E-state index is -0.433. The van der Waals surface area contributed by atoms with Gasteiger partial charge in [0.25, 0.3) is 0 Å². The van der Waals surface area contributed by atoms with Crippen LogP contribution in [-0.4, -0.2) is 24.1 Å². The first-order valence-electron chi connectivity index (χ1n) is 5.45. The number of aromatic nitrogens is 2. The summed E-state index contributed by atoms with van der Waals surface area (Å²) in [7, 11) is 3.10. The highest BCUT2D eigenvalue weighted by Crippen LogP contribution is 2.27. The molecule has 1 aromatic heterocycles. The summed E-state index contributed by atoms with van der Waals surface area (Å²) >= 11 is 5.99. The summed E-state index contributed by atoms with van der Waals surface area (Å²) in [5, 5.41) is 6.15. The molecule has 1 aromatic carbocycles. The summed E-state index contributed by atoms with van der Waals surface area (Å²) in [6.45, 7) is 0. The van der Waals surface area contributed by atoms with Crippen molar-refractivity contribution >= 4 is 29.1 Å². The third-order valence-electron chi connectivity index (χ3n) is 2.38. The van der Waals surface area contributed by atoms with Crippen LogP contribution in [-0.2, 0) is 0 Å². The van der Waals surface area contributed by atoms with Crippen LogP contribution in [0.15, 0.2) is 24.4 Å². The van der Waals surface area contributed by atoms with Crippen molar-refractivity contribution in [1.29, 1.82) is 0 Å². The van der Waals surface area contributed by atoms with Gasteiger partial charge < -0.3 is 15.4 Å². The van der Waals surface area contributed by atoms with E-state index in [1.54, 1.807) is 13.1 Å². The van der Waals surface area contributed by atoms with Gasteiger partial charge in [-0.05, 0) is 12.1 Å². The maximum atomic E-state index is 13.3. The van der Waals surface area contributed by atoms with Gasteiger partial charge >= 0.3 is 0 Å². The second-order valence-corrected chi connectivity index (χ2v) is 4.02. The van der Waals surface area contributed by atoms with E-state index in [0.29, 0.717) is 22.5 Å². The molecule has 0 radical (unpaired) electrons. The number of anilines is 3. The Morgan fingerprint density at radius 3 is 2.84 bits per heavy atom. The van der Waals surface area contributed by atoms with Crippen molar-refractivity contribution in [3.05, 3.63) is 35.2 Å². The Labute approximate surface area is 114 Å². The third kappa shape index (κ3) is 3.03. The Balaban J connectivity index is 2.30. The van der Waals surface area contributed by atoms with Crippen molar-refractivity contribution < 1.29 is 9.13 Å². The van der Waals surface area contributed by atoms with Gasteiger partial charge in [-0.3, -0.25) is 0 Å². The van der Waals surface area contributed by atoms with Crippen LogP contribution in [0, 0.1) is 5.82 Å². The van der Waals surface area contributed by atoms with Crippen molar-refractivity contribution in [2.75, 3.05) is 24.8 Å². The average Bonchev–Trinajstić information content (AvgIpc) is 2.43. The highest BCUT2D eigenvalue weighted by Gasteiger charge is 2.08. The van der Waals surface area contributed by atoms with Gasteiger partial charge in [-0.1, -0.05) is 11.6 Å². The highest BCUT2D eigenvalue weighted by atomic mass is 35.5. The Bertz CT molecular complexity index is 594. The standard InChI is InChI=1S/C12H12ClFN4O/c1-15-12-16-6-8(13)11(18-12)17-7-3-4-9(14)10(5-7)19-2/h3-6H,1-2H3,(H2,15,16,17,18). The van der Waals surface area contributed by atoms with E-state index >= 15 is 0 Å². The molecule has 0 saturated heterocycles. The van der Waals surface area contributed by atoms with Gasteiger partial charge in [0.1, 0.15) is 5.02 Å². The molecule has 0 unspecified atom stereocenters. The fourth-order valence-electron chi connectivity index (χ4n) is 1.45. The van der Waals surface area contributed by atoms with Crippen molar-refractivity contribution in [2.45, 2.75) is 0 Å². The summed E-state index contributed by atoms with van der Waals surface area (Å²) in [5.74, 6) is 0.567. The number of hydrogen-bond acceptors (Lipinski definition) is 5. The first-order valence-corrected chi connectivity index (χ1v) is 5.82. The molecule has 100 valence electrons. The van der Waals surface area contributed by atoms with Crippen molar-refractivity contribution in [2.24, 2.45) is 0 Å². The molecule has 0 amide bonds. The number of hydrogen-bond donors (Lipinski definition) is 2. The molecule has 0 atom stereocenters. The molecule has 0 saturated carbocycles. The maximum Gasteiger partial charge on any atom is 0.224 e. The van der Waals surface area contributed by atoms with Crippen LogP contribution in [0.4, 0.5) is 21.8 Å². The van der Waals surface area contributed by atoms with Crippen LogP contribution in [0.1, 0.15) is 0 Å². The summed E-state index contributed by atoms with van der Waals surface area (Å²) < 4.78 is 18.2. The van der Waals surface area contributed by atoms with E-state index in [1.165, 1.54) is 25.4 Å². The monoisotopic (exact) mass is 282 g/mol. The van der Waals surface area contributed by atoms with Crippen LogP contribution < -0.4 is 15.4 Å². The lowest BCUT2D eigenvalue weighted by Crippen LogP contribution is -2.01. The lowest BCUT2D eigenvalue weighted by molar-refractivity contribution is 0.387. The molecule has 0 aliphatic heterocycles. The molecular formula is C12H12ClFN4O. The summed E-state index contributed by atoms with van der Waals surface area (Å²) in [6, 6.07) is 4.39. The van der Waals surface area contributed by atoms with Crippen LogP contribution in [0.2, 0.25) is 5.02 Å². The first-order chi connectivity index (χ1) is 9.13. The van der Waals surface area contributed by atoms with E-state index in [1.807, 2.05) is 0 Å². The van der Waals surface area contributed by atoms with Crippen LogP contribution in [0.3, 0.4) is 0 Å². The van der Waals surface area contributed by atoms with Gasteiger partial charge in [0, 0.05) is 18.8 Å². The van der Waals surface area contributed by atoms with Gasteiger partial charge in [-0.15, -0.1) is 0 Å². The zero-order valence-corrected chi connectivity index (χ0v) is 11.1. The minimum Gasteiger partial charge on any atom is -0.494 e. The van der Waals surface area contributed by atoms with Crippen LogP contribution in [0.25, 0.3) is 0 Å². The molecule has 1 heterocycles. The van der Waals surface area contributed by atoms with E-state index in [2.05, 4.69) is 20.6 Å². The quantitative estimate of drug-likeness (QED) is 0.902. The Hall–Kier alpha value is -2.08. The number of methoxy groups -OCH3 is 1. The zero-order valence-electron chi connectivity index (χ0n) is 10.4. The smallest absolute Gasteiger partial charge is 0.224 e. The van der Waals surface area contributed by atoms with Crippen molar-refractivity contribution in [1.82, 2.24) is 9.97 Å². The molecule has 0 spiro atoms. The van der Waals surface area contributed by atoms with Gasteiger partial charge in [-0.25, -0.2) is 9.37 Å². The van der Waals surface area contributed by atoms with E-state index in [9.17, 15) is 4.39 Å². The Kier molecular flexibility index (Phi) is 4.01. The third-order valence-corrected chi connectivity index (χ3v) is 2.66. The van der Waals surface area contributed by atoms with E-state index in [0.717, 1.165) is 0 Å². The number of benzene rings is 1. The fourth-order valence-corrected chi connectivity index (χ4v) is 1.59. The number of nitrogens with zero attached hydrogens (tertiary/aromatic N) is 2. The number of halogens is 2. The Morgan fingerprint density at radius 2 is 2.16 bits per heavy atom. The molecule has 5 nitrogen and oxygen atoms in total. The van der Waals surface area contributed by atoms with Crippen molar-refractivity contribution in [3.63, 3.8) is 0 Å².